The molecule has 31 heavy (non-hydrogen) atoms. The number of aryl methyl sites for hydroxylation is 1. The number of nitrogens with one attached hydrogen (secondary N) is 1. The molecule has 0 amide bonds. The number of benzene rings is 1. The Morgan fingerprint density at radius 1 is 1.13 bits per heavy atom. The summed E-state index contributed by atoms with van der Waals surface area (Å²) in [6, 6.07) is 10.8. The normalized spacial score (nSPS) is 15.9. The second-order valence-corrected chi connectivity index (χ2v) is 8.80. The van der Waals surface area contributed by atoms with Gasteiger partial charge >= 0.3 is 0 Å². The predicted octanol–water partition coefficient (Wildman–Crippen LogP) is 5.28. The van der Waals surface area contributed by atoms with Crippen molar-refractivity contribution in [3.05, 3.63) is 71.4 Å². The Morgan fingerprint density at radius 3 is 2.84 bits per heavy atom. The number of aromatic nitrogens is 6. The molecule has 0 bridgehead atoms. The van der Waals surface area contributed by atoms with Crippen molar-refractivity contribution in [2.24, 2.45) is 0 Å². The summed E-state index contributed by atoms with van der Waals surface area (Å²) >= 11 is 0. The standard InChI is InChI=1S/C25H28N6/c1-16(2)20-7-5-8-21-19(6-4-9-22(20)21)13-31-14-24(27-15-31)23-12-18(10-11-26-23)25-17(3)28-30-29-25/h5,7-8,10-12,14-16,19H,4,6,9,13H2,1-3H3,(H,28,29,30)/t19-/m1/s1. The minimum absolute atomic E-state index is 0.529. The Hall–Kier alpha value is -3.28. The van der Waals surface area contributed by atoms with Crippen molar-refractivity contribution in [1.29, 1.82) is 0 Å². The second-order valence-electron chi connectivity index (χ2n) is 8.80. The van der Waals surface area contributed by atoms with Crippen LogP contribution in [0.3, 0.4) is 0 Å². The summed E-state index contributed by atoms with van der Waals surface area (Å²) in [7, 11) is 0. The van der Waals surface area contributed by atoms with Gasteiger partial charge in [0.1, 0.15) is 11.4 Å². The van der Waals surface area contributed by atoms with Crippen molar-refractivity contribution in [1.82, 2.24) is 29.9 Å². The first kappa shape index (κ1) is 19.7. The lowest BCUT2D eigenvalue weighted by Crippen LogP contribution is -2.16. The smallest absolute Gasteiger partial charge is 0.115 e. The van der Waals surface area contributed by atoms with Gasteiger partial charge in [0.15, 0.2) is 0 Å². The molecular weight excluding hydrogens is 384 g/mol. The van der Waals surface area contributed by atoms with Gasteiger partial charge in [0.05, 0.1) is 17.7 Å². The van der Waals surface area contributed by atoms with Crippen molar-refractivity contribution < 1.29 is 0 Å². The molecule has 1 aromatic carbocycles. The van der Waals surface area contributed by atoms with E-state index >= 15 is 0 Å². The maximum Gasteiger partial charge on any atom is 0.115 e. The van der Waals surface area contributed by atoms with E-state index in [4.69, 9.17) is 0 Å². The largest absolute Gasteiger partial charge is 0.336 e. The third kappa shape index (κ3) is 3.78. The minimum atomic E-state index is 0.529. The SMILES string of the molecule is Cc1n[nH]nc1-c1ccnc(-c2cn(C[C@H]3CCCc4c(C(C)C)cccc43)cn2)c1. The van der Waals surface area contributed by atoms with Crippen LogP contribution in [0.5, 0.6) is 0 Å². The highest BCUT2D eigenvalue weighted by Crippen LogP contribution is 2.37. The number of nitrogens with zero attached hydrogens (tertiary/aromatic N) is 5. The van der Waals surface area contributed by atoms with Crippen LogP contribution >= 0.6 is 0 Å². The van der Waals surface area contributed by atoms with Crippen LogP contribution in [0.25, 0.3) is 22.6 Å². The van der Waals surface area contributed by atoms with Crippen LogP contribution in [0.15, 0.2) is 49.1 Å². The summed E-state index contributed by atoms with van der Waals surface area (Å²) in [5.41, 5.74) is 9.06. The lowest BCUT2D eigenvalue weighted by atomic mass is 9.78. The van der Waals surface area contributed by atoms with E-state index in [1.807, 2.05) is 31.6 Å². The molecule has 0 fully saturated rings. The van der Waals surface area contributed by atoms with E-state index in [0.717, 1.165) is 34.9 Å². The first-order valence-corrected chi connectivity index (χ1v) is 11.1. The Kier molecular flexibility index (Phi) is 5.14. The molecule has 0 saturated heterocycles. The first-order valence-electron chi connectivity index (χ1n) is 11.1. The highest BCUT2D eigenvalue weighted by Gasteiger charge is 2.23. The van der Waals surface area contributed by atoms with Gasteiger partial charge in [0, 0.05) is 30.4 Å². The van der Waals surface area contributed by atoms with Gasteiger partial charge in [-0.15, -0.1) is 0 Å². The van der Waals surface area contributed by atoms with Crippen LogP contribution in [0, 0.1) is 6.92 Å². The molecule has 1 aliphatic rings. The van der Waals surface area contributed by atoms with Crippen LogP contribution in [-0.4, -0.2) is 29.9 Å². The summed E-state index contributed by atoms with van der Waals surface area (Å²) in [5, 5.41) is 11.1. The molecule has 0 unspecified atom stereocenters. The van der Waals surface area contributed by atoms with Crippen LogP contribution < -0.4 is 0 Å². The van der Waals surface area contributed by atoms with Crippen molar-refractivity contribution in [2.45, 2.75) is 58.4 Å². The molecule has 1 atom stereocenters. The van der Waals surface area contributed by atoms with Gasteiger partial charge in [-0.25, -0.2) is 4.98 Å². The third-order valence-electron chi connectivity index (χ3n) is 6.37. The summed E-state index contributed by atoms with van der Waals surface area (Å²) < 4.78 is 2.22. The summed E-state index contributed by atoms with van der Waals surface area (Å²) in [6.07, 6.45) is 9.54. The zero-order valence-electron chi connectivity index (χ0n) is 18.3. The number of aromatic amines is 1. The molecule has 1 N–H and O–H groups in total. The number of pyridine rings is 1. The zero-order chi connectivity index (χ0) is 21.4. The van der Waals surface area contributed by atoms with Crippen molar-refractivity contribution in [2.75, 3.05) is 0 Å². The van der Waals surface area contributed by atoms with Gasteiger partial charge in [0.25, 0.3) is 0 Å². The Morgan fingerprint density at radius 2 is 2.03 bits per heavy atom. The molecule has 3 aromatic heterocycles. The van der Waals surface area contributed by atoms with Gasteiger partial charge in [0.2, 0.25) is 0 Å². The molecule has 0 saturated carbocycles. The minimum Gasteiger partial charge on any atom is -0.336 e. The Labute approximate surface area is 182 Å². The van der Waals surface area contributed by atoms with Crippen molar-refractivity contribution in [3.63, 3.8) is 0 Å². The summed E-state index contributed by atoms with van der Waals surface area (Å²) in [5.74, 6) is 1.10. The average molecular weight is 413 g/mol. The fraction of sp³-hybridized carbons (Fsp3) is 0.360. The van der Waals surface area contributed by atoms with E-state index in [2.05, 4.69) is 68.2 Å². The number of hydrogen-bond acceptors (Lipinski definition) is 4. The highest BCUT2D eigenvalue weighted by atomic mass is 15.3. The number of fused-ring (bicyclic) bond motifs is 1. The van der Waals surface area contributed by atoms with Gasteiger partial charge < -0.3 is 4.57 Å². The van der Waals surface area contributed by atoms with Crippen molar-refractivity contribution >= 4 is 0 Å². The molecule has 0 radical (unpaired) electrons. The first-order chi connectivity index (χ1) is 15.1. The van der Waals surface area contributed by atoms with E-state index in [0.29, 0.717) is 11.8 Å². The molecule has 0 spiro atoms. The van der Waals surface area contributed by atoms with Crippen molar-refractivity contribution in [3.8, 4) is 22.6 Å². The molecule has 6 heteroatoms. The quantitative estimate of drug-likeness (QED) is 0.484. The fourth-order valence-corrected chi connectivity index (χ4v) is 4.83. The van der Waals surface area contributed by atoms with Gasteiger partial charge in [-0.1, -0.05) is 32.0 Å². The number of imidazole rings is 1. The molecule has 5 rings (SSSR count). The molecule has 158 valence electrons. The lowest BCUT2D eigenvalue weighted by Gasteiger charge is -2.28. The second kappa shape index (κ2) is 8.10. The molecule has 3 heterocycles. The fourth-order valence-electron chi connectivity index (χ4n) is 4.83. The maximum atomic E-state index is 4.66. The van der Waals surface area contributed by atoms with Crippen LogP contribution in [0.4, 0.5) is 0 Å². The average Bonchev–Trinajstić information content (AvgIpc) is 3.42. The highest BCUT2D eigenvalue weighted by molar-refractivity contribution is 5.67. The Balaban J connectivity index is 1.40. The third-order valence-corrected chi connectivity index (χ3v) is 6.37. The van der Waals surface area contributed by atoms with Gasteiger partial charge in [-0.05, 0) is 60.9 Å². The van der Waals surface area contributed by atoms with E-state index in [-0.39, 0.29) is 0 Å². The summed E-state index contributed by atoms with van der Waals surface area (Å²) in [4.78, 5) is 9.20. The van der Waals surface area contributed by atoms with E-state index < -0.39 is 0 Å². The number of hydrogen-bond donors (Lipinski definition) is 1. The van der Waals surface area contributed by atoms with Crippen LogP contribution in [0.1, 0.15) is 60.9 Å². The molecule has 1 aliphatic carbocycles. The zero-order valence-corrected chi connectivity index (χ0v) is 18.3. The maximum absolute atomic E-state index is 4.66. The molecule has 0 aliphatic heterocycles. The van der Waals surface area contributed by atoms with E-state index in [9.17, 15) is 0 Å². The predicted molar refractivity (Wildman–Crippen MR) is 122 cm³/mol. The Bertz CT molecular complexity index is 1200. The van der Waals surface area contributed by atoms with E-state index in [1.165, 1.54) is 30.4 Å². The lowest BCUT2D eigenvalue weighted by molar-refractivity contribution is 0.480. The summed E-state index contributed by atoms with van der Waals surface area (Å²) in [6.45, 7) is 7.48. The monoisotopic (exact) mass is 412 g/mol. The number of H-pyrrole nitrogens is 1. The van der Waals surface area contributed by atoms with Crippen LogP contribution in [0.2, 0.25) is 0 Å². The van der Waals surface area contributed by atoms with Crippen LogP contribution in [-0.2, 0) is 13.0 Å². The molecule has 6 nitrogen and oxygen atoms in total. The van der Waals surface area contributed by atoms with Gasteiger partial charge in [-0.3, -0.25) is 4.98 Å². The van der Waals surface area contributed by atoms with E-state index in [1.54, 1.807) is 5.56 Å². The van der Waals surface area contributed by atoms with Gasteiger partial charge in [-0.2, -0.15) is 15.4 Å². The molecular formula is C25H28N6. The number of rotatable bonds is 5. The molecule has 4 aromatic rings. The topological polar surface area (TPSA) is 72.3 Å².